The molecule has 0 aliphatic carbocycles. The second kappa shape index (κ2) is 9.60. The third kappa shape index (κ3) is 5.48. The van der Waals surface area contributed by atoms with Gasteiger partial charge in [0.2, 0.25) is 5.91 Å². The average molecular weight is 373 g/mol. The van der Waals surface area contributed by atoms with Crippen LogP contribution in [0.15, 0.2) is 48.5 Å². The fraction of sp³-hybridized carbons (Fsp3) is 0.381. The number of hydrogen-bond donors (Lipinski definition) is 1. The topological polar surface area (TPSA) is 41.6 Å². The first kappa shape index (κ1) is 18.7. The largest absolute Gasteiger partial charge is 0.376 e. The predicted octanol–water partition coefficient (Wildman–Crippen LogP) is 4.88. The molecule has 26 heavy (non-hydrogen) atoms. The molecular weight excluding hydrogens is 348 g/mol. The van der Waals surface area contributed by atoms with Crippen LogP contribution in [0.4, 0.5) is 11.4 Å². The summed E-state index contributed by atoms with van der Waals surface area (Å²) in [5.41, 5.74) is 2.94. The van der Waals surface area contributed by atoms with Gasteiger partial charge in [0.15, 0.2) is 0 Å². The highest BCUT2D eigenvalue weighted by atomic mass is 35.5. The summed E-state index contributed by atoms with van der Waals surface area (Å²) < 4.78 is 5.60. The van der Waals surface area contributed by atoms with E-state index in [-0.39, 0.29) is 5.91 Å². The van der Waals surface area contributed by atoms with Gasteiger partial charge in [0.25, 0.3) is 0 Å². The van der Waals surface area contributed by atoms with E-state index in [9.17, 15) is 4.79 Å². The van der Waals surface area contributed by atoms with Crippen LogP contribution in [0.1, 0.15) is 31.2 Å². The van der Waals surface area contributed by atoms with Crippen molar-refractivity contribution >= 4 is 28.9 Å². The summed E-state index contributed by atoms with van der Waals surface area (Å²) in [5.74, 6) is -0.0569. The summed E-state index contributed by atoms with van der Waals surface area (Å²) in [4.78, 5) is 14.6. The Morgan fingerprint density at radius 1 is 1.08 bits per heavy atom. The molecule has 4 nitrogen and oxygen atoms in total. The van der Waals surface area contributed by atoms with Crippen molar-refractivity contribution in [2.75, 3.05) is 29.9 Å². The Kier molecular flexibility index (Phi) is 6.92. The molecule has 1 N–H and O–H groups in total. The van der Waals surface area contributed by atoms with Crippen molar-refractivity contribution in [3.63, 3.8) is 0 Å². The second-order valence-corrected chi connectivity index (χ2v) is 6.98. The maximum absolute atomic E-state index is 12.3. The smallest absolute Gasteiger partial charge is 0.226 e. The molecule has 0 radical (unpaired) electrons. The number of carbonyl (C=O) groups excluding carboxylic acids is 1. The summed E-state index contributed by atoms with van der Waals surface area (Å²) in [5, 5.41) is 3.63. The molecule has 0 atom stereocenters. The average Bonchev–Trinajstić information content (AvgIpc) is 2.67. The van der Waals surface area contributed by atoms with Crippen molar-refractivity contribution in [3.05, 3.63) is 59.1 Å². The molecule has 2 aromatic rings. The molecule has 0 aromatic heterocycles. The zero-order chi connectivity index (χ0) is 18.2. The first-order valence-electron chi connectivity index (χ1n) is 9.18. The molecule has 5 heteroatoms. The highest BCUT2D eigenvalue weighted by molar-refractivity contribution is 6.31. The number of ether oxygens (including phenoxy) is 1. The number of halogens is 1. The lowest BCUT2D eigenvalue weighted by Gasteiger charge is -2.30. The van der Waals surface area contributed by atoms with Crippen molar-refractivity contribution in [2.24, 2.45) is 0 Å². The van der Waals surface area contributed by atoms with Crippen LogP contribution in [0.5, 0.6) is 0 Å². The van der Waals surface area contributed by atoms with Crippen LogP contribution in [-0.4, -0.2) is 25.6 Å². The van der Waals surface area contributed by atoms with Crippen LogP contribution in [0.3, 0.4) is 0 Å². The van der Waals surface area contributed by atoms with E-state index in [1.54, 1.807) is 0 Å². The Morgan fingerprint density at radius 2 is 1.85 bits per heavy atom. The first-order chi connectivity index (χ1) is 12.7. The van der Waals surface area contributed by atoms with Gasteiger partial charge in [0.05, 0.1) is 31.0 Å². The lowest BCUT2D eigenvalue weighted by Crippen LogP contribution is -2.30. The number of amides is 1. The Hall–Kier alpha value is -2.04. The Balaban J connectivity index is 1.52. The van der Waals surface area contributed by atoms with E-state index in [1.165, 1.54) is 19.3 Å². The standard InChI is InChI=1S/C21H25ClN2O2/c22-18-9-10-20(24-12-5-2-6-13-24)19(15-18)23-21(25)11-14-26-16-17-7-3-1-4-8-17/h1,3-4,7-10,15H,2,5-6,11-14,16H2,(H,23,25). The number of rotatable bonds is 7. The van der Waals surface area contributed by atoms with Crippen molar-refractivity contribution in [2.45, 2.75) is 32.3 Å². The summed E-state index contributed by atoms with van der Waals surface area (Å²) in [6.45, 7) is 2.94. The van der Waals surface area contributed by atoms with Crippen LogP contribution in [-0.2, 0) is 16.1 Å². The van der Waals surface area contributed by atoms with E-state index in [0.29, 0.717) is 24.7 Å². The third-order valence-electron chi connectivity index (χ3n) is 4.51. The Labute approximate surface area is 160 Å². The fourth-order valence-electron chi connectivity index (χ4n) is 3.16. The number of nitrogens with zero attached hydrogens (tertiary/aromatic N) is 1. The van der Waals surface area contributed by atoms with E-state index < -0.39 is 0 Å². The zero-order valence-electron chi connectivity index (χ0n) is 14.9. The molecule has 1 heterocycles. The van der Waals surface area contributed by atoms with Crippen LogP contribution in [0, 0.1) is 0 Å². The van der Waals surface area contributed by atoms with Gasteiger partial charge in [-0.1, -0.05) is 41.9 Å². The summed E-state index contributed by atoms with van der Waals surface area (Å²) in [7, 11) is 0. The normalized spacial score (nSPS) is 14.3. The predicted molar refractivity (Wildman–Crippen MR) is 107 cm³/mol. The third-order valence-corrected chi connectivity index (χ3v) is 4.75. The van der Waals surface area contributed by atoms with Gasteiger partial charge in [-0.05, 0) is 43.0 Å². The van der Waals surface area contributed by atoms with Gasteiger partial charge in [-0.3, -0.25) is 4.79 Å². The monoisotopic (exact) mass is 372 g/mol. The van der Waals surface area contributed by atoms with Gasteiger partial charge >= 0.3 is 0 Å². The van der Waals surface area contributed by atoms with Gasteiger partial charge < -0.3 is 15.0 Å². The highest BCUT2D eigenvalue weighted by Crippen LogP contribution is 2.31. The van der Waals surface area contributed by atoms with Gasteiger partial charge in [-0.15, -0.1) is 0 Å². The molecule has 0 unspecified atom stereocenters. The molecule has 1 fully saturated rings. The molecule has 1 saturated heterocycles. The molecule has 1 amide bonds. The molecule has 138 valence electrons. The minimum absolute atomic E-state index is 0.0569. The minimum atomic E-state index is -0.0569. The van der Waals surface area contributed by atoms with Gasteiger partial charge in [-0.25, -0.2) is 0 Å². The summed E-state index contributed by atoms with van der Waals surface area (Å²) >= 11 is 6.14. The maximum Gasteiger partial charge on any atom is 0.226 e. The molecule has 0 spiro atoms. The number of hydrogen-bond acceptors (Lipinski definition) is 3. The van der Waals surface area contributed by atoms with Gasteiger partial charge in [0.1, 0.15) is 0 Å². The van der Waals surface area contributed by atoms with E-state index >= 15 is 0 Å². The lowest BCUT2D eigenvalue weighted by atomic mass is 10.1. The Morgan fingerprint density at radius 3 is 2.62 bits per heavy atom. The molecule has 0 saturated carbocycles. The summed E-state index contributed by atoms with van der Waals surface area (Å²) in [6.07, 6.45) is 3.95. The highest BCUT2D eigenvalue weighted by Gasteiger charge is 2.16. The van der Waals surface area contributed by atoms with Crippen molar-refractivity contribution < 1.29 is 9.53 Å². The maximum atomic E-state index is 12.3. The summed E-state index contributed by atoms with van der Waals surface area (Å²) in [6, 6.07) is 15.7. The molecule has 3 rings (SSSR count). The van der Waals surface area contributed by atoms with Crippen molar-refractivity contribution in [1.82, 2.24) is 0 Å². The molecular formula is C21H25ClN2O2. The molecule has 1 aliphatic heterocycles. The van der Waals surface area contributed by atoms with Gasteiger partial charge in [-0.2, -0.15) is 0 Å². The van der Waals surface area contributed by atoms with Crippen LogP contribution >= 0.6 is 11.6 Å². The number of benzene rings is 2. The van der Waals surface area contributed by atoms with E-state index in [1.807, 2.05) is 48.5 Å². The van der Waals surface area contributed by atoms with E-state index in [0.717, 1.165) is 30.0 Å². The zero-order valence-corrected chi connectivity index (χ0v) is 15.7. The van der Waals surface area contributed by atoms with E-state index in [2.05, 4.69) is 10.2 Å². The molecule has 0 bridgehead atoms. The molecule has 1 aliphatic rings. The Bertz CT molecular complexity index is 715. The van der Waals surface area contributed by atoms with Crippen molar-refractivity contribution in [3.8, 4) is 0 Å². The number of anilines is 2. The van der Waals surface area contributed by atoms with Crippen LogP contribution < -0.4 is 10.2 Å². The van der Waals surface area contributed by atoms with Crippen molar-refractivity contribution in [1.29, 1.82) is 0 Å². The lowest BCUT2D eigenvalue weighted by molar-refractivity contribution is -0.117. The van der Waals surface area contributed by atoms with E-state index in [4.69, 9.17) is 16.3 Å². The first-order valence-corrected chi connectivity index (χ1v) is 9.56. The van der Waals surface area contributed by atoms with Crippen LogP contribution in [0.2, 0.25) is 5.02 Å². The minimum Gasteiger partial charge on any atom is -0.376 e. The SMILES string of the molecule is O=C(CCOCc1ccccc1)Nc1cc(Cl)ccc1N1CCCCC1. The van der Waals surface area contributed by atoms with Crippen LogP contribution in [0.25, 0.3) is 0 Å². The van der Waals surface area contributed by atoms with Gasteiger partial charge in [0, 0.05) is 18.1 Å². The molecule has 2 aromatic carbocycles. The quantitative estimate of drug-likeness (QED) is 0.704. The second-order valence-electron chi connectivity index (χ2n) is 6.55. The number of piperidine rings is 1. The fourth-order valence-corrected chi connectivity index (χ4v) is 3.33. The number of nitrogens with one attached hydrogen (secondary N) is 1. The number of carbonyl (C=O) groups is 1.